The first-order chi connectivity index (χ1) is 10.2. The van der Waals surface area contributed by atoms with Crippen molar-refractivity contribution in [2.75, 3.05) is 26.2 Å². The second-order valence-electron chi connectivity index (χ2n) is 6.67. The Balaban J connectivity index is 0.00000264. The number of hydrogen-bond acceptors (Lipinski definition) is 3. The van der Waals surface area contributed by atoms with E-state index in [4.69, 9.17) is 0 Å². The quantitative estimate of drug-likeness (QED) is 0.702. The molecule has 0 aromatic heterocycles. The third-order valence-electron chi connectivity index (χ3n) is 3.77. The molecule has 2 rings (SSSR count). The van der Waals surface area contributed by atoms with Crippen LogP contribution in [0.3, 0.4) is 0 Å². The lowest BCUT2D eigenvalue weighted by Crippen LogP contribution is -2.48. The van der Waals surface area contributed by atoms with Crippen molar-refractivity contribution in [3.05, 3.63) is 29.8 Å². The molecule has 1 N–H and O–H groups in total. The Morgan fingerprint density at radius 1 is 1.00 bits per heavy atom. The van der Waals surface area contributed by atoms with Gasteiger partial charge in [0.05, 0.1) is 0 Å². The van der Waals surface area contributed by atoms with Crippen LogP contribution in [-0.4, -0.2) is 36.6 Å². The number of halogens is 5. The molecule has 0 radical (unpaired) electrons. The molecule has 1 fully saturated rings. The van der Waals surface area contributed by atoms with Gasteiger partial charge in [-0.2, -0.15) is 13.2 Å². The summed E-state index contributed by atoms with van der Waals surface area (Å²) in [4.78, 5) is 2.66. The fraction of sp³-hybridized carbons (Fsp3) is 0.625. The van der Waals surface area contributed by atoms with Crippen LogP contribution in [0.25, 0.3) is 0 Å². The predicted molar refractivity (Wildman–Crippen MR) is 99.5 cm³/mol. The lowest BCUT2D eigenvalue weighted by molar-refractivity contribution is -0.0328. The second kappa shape index (κ2) is 9.53. The van der Waals surface area contributed by atoms with Crippen molar-refractivity contribution in [3.63, 3.8) is 0 Å². The van der Waals surface area contributed by atoms with Gasteiger partial charge >= 0.3 is 5.51 Å². The van der Waals surface area contributed by atoms with Crippen molar-refractivity contribution in [3.8, 4) is 0 Å². The molecule has 8 heteroatoms. The molecular formula is C16H25Cl2F3N2S. The van der Waals surface area contributed by atoms with E-state index in [2.05, 4.69) is 31.0 Å². The van der Waals surface area contributed by atoms with E-state index in [1.165, 1.54) is 0 Å². The topological polar surface area (TPSA) is 15.3 Å². The van der Waals surface area contributed by atoms with Gasteiger partial charge in [-0.15, -0.1) is 24.8 Å². The number of rotatable bonds is 3. The molecule has 1 aliphatic rings. The van der Waals surface area contributed by atoms with E-state index in [0.717, 1.165) is 31.7 Å². The first-order valence-corrected chi connectivity index (χ1v) is 8.29. The highest BCUT2D eigenvalue weighted by Crippen LogP contribution is 2.40. The average Bonchev–Trinajstić information content (AvgIpc) is 2.39. The maximum atomic E-state index is 12.4. The van der Waals surface area contributed by atoms with E-state index in [1.54, 1.807) is 12.1 Å². The molecule has 24 heavy (non-hydrogen) atoms. The summed E-state index contributed by atoms with van der Waals surface area (Å²) in [5, 5.41) is 3.34. The summed E-state index contributed by atoms with van der Waals surface area (Å²) in [6.45, 7) is 10.4. The largest absolute Gasteiger partial charge is 0.446 e. The van der Waals surface area contributed by atoms with Crippen LogP contribution < -0.4 is 5.32 Å². The number of thioether (sulfide) groups is 1. The van der Waals surface area contributed by atoms with Gasteiger partial charge in [0.15, 0.2) is 0 Å². The highest BCUT2D eigenvalue weighted by molar-refractivity contribution is 8.00. The van der Waals surface area contributed by atoms with Gasteiger partial charge in [0, 0.05) is 37.1 Å². The van der Waals surface area contributed by atoms with Gasteiger partial charge in [-0.05, 0) is 34.9 Å². The fourth-order valence-electron chi connectivity index (χ4n) is 3.05. The average molecular weight is 405 g/mol. The van der Waals surface area contributed by atoms with Gasteiger partial charge < -0.3 is 5.32 Å². The van der Waals surface area contributed by atoms with Gasteiger partial charge in [0.1, 0.15) is 0 Å². The molecule has 1 aromatic carbocycles. The van der Waals surface area contributed by atoms with Gasteiger partial charge in [0.25, 0.3) is 0 Å². The molecule has 1 aromatic rings. The number of hydrogen-bond donors (Lipinski definition) is 1. The minimum Gasteiger partial charge on any atom is -0.314 e. The molecular weight excluding hydrogens is 380 g/mol. The fourth-order valence-corrected chi connectivity index (χ4v) is 3.59. The number of alkyl halides is 3. The van der Waals surface area contributed by atoms with Crippen LogP contribution in [0.15, 0.2) is 29.2 Å². The Labute approximate surface area is 158 Å². The number of piperazine rings is 1. The molecule has 0 spiro atoms. The normalized spacial score (nSPS) is 17.6. The molecule has 1 aliphatic heterocycles. The lowest BCUT2D eigenvalue weighted by atomic mass is 9.81. The lowest BCUT2D eigenvalue weighted by Gasteiger charge is -2.42. The van der Waals surface area contributed by atoms with Crippen LogP contribution in [0.1, 0.15) is 32.4 Å². The van der Waals surface area contributed by atoms with E-state index in [9.17, 15) is 13.2 Å². The number of nitrogens with zero attached hydrogens (tertiary/aromatic N) is 1. The van der Waals surface area contributed by atoms with E-state index >= 15 is 0 Å². The molecule has 140 valence electrons. The molecule has 0 saturated carbocycles. The van der Waals surface area contributed by atoms with Crippen molar-refractivity contribution in [2.24, 2.45) is 5.41 Å². The third-order valence-corrected chi connectivity index (χ3v) is 4.51. The summed E-state index contributed by atoms with van der Waals surface area (Å²) in [6, 6.07) is 7.04. The van der Waals surface area contributed by atoms with E-state index < -0.39 is 5.51 Å². The molecule has 0 unspecified atom stereocenters. The van der Waals surface area contributed by atoms with Crippen LogP contribution in [0.2, 0.25) is 0 Å². The van der Waals surface area contributed by atoms with Crippen LogP contribution in [0.4, 0.5) is 13.2 Å². The van der Waals surface area contributed by atoms with Crippen LogP contribution >= 0.6 is 36.6 Å². The Kier molecular flexibility index (Phi) is 9.47. The van der Waals surface area contributed by atoms with Crippen molar-refractivity contribution >= 4 is 36.6 Å². The summed E-state index contributed by atoms with van der Waals surface area (Å²) in [6.07, 6.45) is 0. The molecule has 0 bridgehead atoms. The molecule has 0 amide bonds. The molecule has 1 saturated heterocycles. The van der Waals surface area contributed by atoms with Crippen LogP contribution in [0, 0.1) is 5.41 Å². The van der Waals surface area contributed by atoms with E-state index in [-0.39, 0.29) is 52.9 Å². The molecule has 1 heterocycles. The Bertz CT molecular complexity index is 484. The highest BCUT2D eigenvalue weighted by Gasteiger charge is 2.33. The predicted octanol–water partition coefficient (Wildman–Crippen LogP) is 5.13. The first-order valence-electron chi connectivity index (χ1n) is 7.47. The molecule has 0 aliphatic carbocycles. The van der Waals surface area contributed by atoms with Crippen LogP contribution in [-0.2, 0) is 0 Å². The Hall–Kier alpha value is -0.140. The van der Waals surface area contributed by atoms with Crippen molar-refractivity contribution in [2.45, 2.75) is 37.2 Å². The zero-order valence-electron chi connectivity index (χ0n) is 14.0. The maximum Gasteiger partial charge on any atom is 0.446 e. The third kappa shape index (κ3) is 7.00. The first kappa shape index (κ1) is 23.9. The molecule has 1 atom stereocenters. The Morgan fingerprint density at radius 3 is 1.92 bits per heavy atom. The van der Waals surface area contributed by atoms with Crippen molar-refractivity contribution < 1.29 is 13.2 Å². The number of nitrogens with one attached hydrogen (secondary N) is 1. The second-order valence-corrected chi connectivity index (χ2v) is 7.81. The van der Waals surface area contributed by atoms with E-state index in [0.29, 0.717) is 0 Å². The molecule has 2 nitrogen and oxygen atoms in total. The summed E-state index contributed by atoms with van der Waals surface area (Å²) in [5.41, 5.74) is -3.12. The zero-order chi connectivity index (χ0) is 16.4. The highest BCUT2D eigenvalue weighted by atomic mass is 35.5. The minimum atomic E-state index is -4.23. The monoisotopic (exact) mass is 404 g/mol. The summed E-state index contributed by atoms with van der Waals surface area (Å²) >= 11 is -0.0594. The van der Waals surface area contributed by atoms with Crippen LogP contribution in [0.5, 0.6) is 0 Å². The van der Waals surface area contributed by atoms with Gasteiger partial charge in [-0.25, -0.2) is 0 Å². The van der Waals surface area contributed by atoms with Gasteiger partial charge in [-0.3, -0.25) is 4.90 Å². The summed E-state index contributed by atoms with van der Waals surface area (Å²) < 4.78 is 37.3. The van der Waals surface area contributed by atoms with Crippen molar-refractivity contribution in [1.29, 1.82) is 0 Å². The summed E-state index contributed by atoms with van der Waals surface area (Å²) in [7, 11) is 0. The summed E-state index contributed by atoms with van der Waals surface area (Å²) in [5.74, 6) is 0. The van der Waals surface area contributed by atoms with E-state index in [1.807, 2.05) is 12.1 Å². The smallest absolute Gasteiger partial charge is 0.314 e. The van der Waals surface area contributed by atoms with Gasteiger partial charge in [-0.1, -0.05) is 32.9 Å². The SMILES string of the molecule is CC(C)(C)[C@H](c1ccc(SC(F)(F)F)cc1)N1CCNCC1.Cl.Cl. The standard InChI is InChI=1S/C16H23F3N2S.2ClH/c1-15(2,3)14(21-10-8-20-9-11-21)12-4-6-13(7-5-12)22-16(17,18)19;;/h4-7,14,20H,8-11H2,1-3H3;2*1H/t14-;;/m0../s1. The minimum absolute atomic E-state index is 0. The Morgan fingerprint density at radius 2 is 1.50 bits per heavy atom. The van der Waals surface area contributed by atoms with Crippen molar-refractivity contribution in [1.82, 2.24) is 10.2 Å². The maximum absolute atomic E-state index is 12.4. The van der Waals surface area contributed by atoms with Gasteiger partial charge in [0.2, 0.25) is 0 Å². The number of benzene rings is 1. The zero-order valence-corrected chi connectivity index (χ0v) is 16.5.